The van der Waals surface area contributed by atoms with Crippen LogP contribution in [-0.4, -0.2) is 59.5 Å². The Hall–Kier alpha value is -1.34. The predicted molar refractivity (Wildman–Crippen MR) is 74.8 cm³/mol. The molecule has 0 saturated carbocycles. The maximum absolute atomic E-state index is 12.6. The molecular formula is C13H19N3O3S. The number of hydrogen-bond donors (Lipinski definition) is 0. The molecule has 20 heavy (non-hydrogen) atoms. The van der Waals surface area contributed by atoms with Gasteiger partial charge in [0.25, 0.3) is 5.91 Å². The number of fused-ring (bicyclic) bond motifs is 1. The minimum atomic E-state index is -3.18. The second-order valence-electron chi connectivity index (χ2n) is 5.59. The van der Waals surface area contributed by atoms with Crippen molar-refractivity contribution in [2.24, 2.45) is 7.05 Å². The molecule has 7 heteroatoms. The number of carbonyl (C=O) groups is 1. The van der Waals surface area contributed by atoms with Crippen LogP contribution < -0.4 is 0 Å². The molecule has 1 amide bonds. The second-order valence-corrected chi connectivity index (χ2v) is 7.52. The Balaban J connectivity index is 1.83. The number of likely N-dealkylation sites (tertiary alicyclic amines) is 1. The lowest BCUT2D eigenvalue weighted by Crippen LogP contribution is -2.41. The first-order valence-corrected chi connectivity index (χ1v) is 8.63. The highest BCUT2D eigenvalue weighted by molar-refractivity contribution is 7.88. The number of amides is 1. The van der Waals surface area contributed by atoms with E-state index in [-0.39, 0.29) is 18.0 Å². The number of aromatic nitrogens is 1. The molecule has 3 rings (SSSR count). The van der Waals surface area contributed by atoms with Crippen LogP contribution in [0.4, 0.5) is 0 Å². The average molecular weight is 297 g/mol. The van der Waals surface area contributed by atoms with Gasteiger partial charge >= 0.3 is 0 Å². The molecule has 1 aromatic rings. The molecule has 3 heterocycles. The highest BCUT2D eigenvalue weighted by Crippen LogP contribution is 2.33. The molecule has 0 aromatic carbocycles. The third-order valence-electron chi connectivity index (χ3n) is 4.38. The lowest BCUT2D eigenvalue weighted by atomic mass is 10.1. The van der Waals surface area contributed by atoms with Gasteiger partial charge in [-0.15, -0.1) is 0 Å². The number of aryl methyl sites for hydroxylation is 1. The van der Waals surface area contributed by atoms with Crippen LogP contribution in [0.25, 0.3) is 0 Å². The number of carbonyl (C=O) groups excluding carboxylic acids is 1. The van der Waals surface area contributed by atoms with Crippen LogP contribution >= 0.6 is 0 Å². The summed E-state index contributed by atoms with van der Waals surface area (Å²) in [5.74, 6) is 0.000325. The molecule has 110 valence electrons. The van der Waals surface area contributed by atoms with Crippen molar-refractivity contribution in [2.75, 3.05) is 19.3 Å². The maximum Gasteiger partial charge on any atom is 0.270 e. The van der Waals surface area contributed by atoms with Crippen molar-refractivity contribution in [3.8, 4) is 0 Å². The Morgan fingerprint density at radius 3 is 2.55 bits per heavy atom. The van der Waals surface area contributed by atoms with E-state index in [9.17, 15) is 13.2 Å². The van der Waals surface area contributed by atoms with Crippen molar-refractivity contribution in [1.29, 1.82) is 0 Å². The average Bonchev–Trinajstić information content (AvgIpc) is 3.00. The molecule has 1 aromatic heterocycles. The first-order chi connectivity index (χ1) is 9.39. The summed E-state index contributed by atoms with van der Waals surface area (Å²) in [6.07, 6.45) is 4.55. The lowest BCUT2D eigenvalue weighted by Gasteiger charge is -2.24. The van der Waals surface area contributed by atoms with E-state index < -0.39 is 10.0 Å². The van der Waals surface area contributed by atoms with E-state index in [2.05, 4.69) is 0 Å². The fourth-order valence-electron chi connectivity index (χ4n) is 3.44. The number of nitrogens with zero attached hydrogens (tertiary/aromatic N) is 3. The third-order valence-corrected chi connectivity index (χ3v) is 5.68. The van der Waals surface area contributed by atoms with E-state index in [0.29, 0.717) is 18.8 Å². The Bertz CT molecular complexity index is 637. The van der Waals surface area contributed by atoms with Crippen molar-refractivity contribution in [2.45, 2.75) is 24.9 Å². The molecule has 6 nitrogen and oxygen atoms in total. The summed E-state index contributed by atoms with van der Waals surface area (Å²) in [4.78, 5) is 14.4. The summed E-state index contributed by atoms with van der Waals surface area (Å²) in [6, 6.07) is 3.62. The van der Waals surface area contributed by atoms with Gasteiger partial charge in [0, 0.05) is 32.4 Å². The Labute approximate surface area is 119 Å². The van der Waals surface area contributed by atoms with Crippen molar-refractivity contribution in [3.05, 3.63) is 24.0 Å². The van der Waals surface area contributed by atoms with E-state index in [4.69, 9.17) is 0 Å². The predicted octanol–water partition coefficient (Wildman–Crippen LogP) is 0.274. The van der Waals surface area contributed by atoms with E-state index in [1.54, 1.807) is 14.9 Å². The number of hydrogen-bond acceptors (Lipinski definition) is 3. The van der Waals surface area contributed by atoms with Crippen LogP contribution in [-0.2, 0) is 17.1 Å². The second kappa shape index (κ2) is 4.60. The van der Waals surface area contributed by atoms with Gasteiger partial charge in [0.1, 0.15) is 5.69 Å². The van der Waals surface area contributed by atoms with Gasteiger partial charge < -0.3 is 9.47 Å². The molecule has 2 fully saturated rings. The van der Waals surface area contributed by atoms with Crippen LogP contribution in [0, 0.1) is 0 Å². The van der Waals surface area contributed by atoms with Crippen LogP contribution in [0.2, 0.25) is 0 Å². The SMILES string of the molecule is Cn1cccc1C(=O)N1CC[C@H]2[C@@H]1CCN2S(C)(=O)=O. The number of sulfonamides is 1. The zero-order valence-corrected chi connectivity index (χ0v) is 12.5. The Kier molecular flexibility index (Phi) is 3.13. The normalized spacial score (nSPS) is 27.0. The molecule has 0 unspecified atom stereocenters. The molecule has 0 bridgehead atoms. The number of rotatable bonds is 2. The first kappa shape index (κ1) is 13.6. The minimum absolute atomic E-state index is 0.000325. The molecule has 0 radical (unpaired) electrons. The van der Waals surface area contributed by atoms with Gasteiger partial charge in [-0.1, -0.05) is 0 Å². The summed E-state index contributed by atoms with van der Waals surface area (Å²) in [7, 11) is -1.33. The molecule has 2 aliphatic heterocycles. The van der Waals surface area contributed by atoms with Gasteiger partial charge in [0.2, 0.25) is 10.0 Å². The zero-order valence-electron chi connectivity index (χ0n) is 11.7. The molecule has 2 atom stereocenters. The van der Waals surface area contributed by atoms with Crippen LogP contribution in [0.5, 0.6) is 0 Å². The van der Waals surface area contributed by atoms with Gasteiger partial charge in [-0.2, -0.15) is 4.31 Å². The zero-order chi connectivity index (χ0) is 14.5. The molecule has 0 N–H and O–H groups in total. The van der Waals surface area contributed by atoms with Crippen molar-refractivity contribution in [1.82, 2.24) is 13.8 Å². The summed E-state index contributed by atoms with van der Waals surface area (Å²) in [6.45, 7) is 1.15. The molecular weight excluding hydrogens is 278 g/mol. The highest BCUT2D eigenvalue weighted by atomic mass is 32.2. The van der Waals surface area contributed by atoms with Gasteiger partial charge in [0.05, 0.1) is 12.3 Å². The van der Waals surface area contributed by atoms with E-state index >= 15 is 0 Å². The lowest BCUT2D eigenvalue weighted by molar-refractivity contribution is 0.0725. The summed E-state index contributed by atoms with van der Waals surface area (Å²) in [5, 5.41) is 0. The van der Waals surface area contributed by atoms with E-state index in [1.807, 2.05) is 24.2 Å². The summed E-state index contributed by atoms with van der Waals surface area (Å²) in [5.41, 5.74) is 0.656. The largest absolute Gasteiger partial charge is 0.347 e. The third kappa shape index (κ3) is 2.05. The monoisotopic (exact) mass is 297 g/mol. The smallest absolute Gasteiger partial charge is 0.270 e. The Morgan fingerprint density at radius 1 is 1.25 bits per heavy atom. The van der Waals surface area contributed by atoms with Gasteiger partial charge in [-0.3, -0.25) is 4.79 Å². The van der Waals surface area contributed by atoms with Crippen LogP contribution in [0.15, 0.2) is 18.3 Å². The quantitative estimate of drug-likeness (QED) is 0.787. The standard InChI is InChI=1S/C13H19N3O3S/c1-14-7-3-4-12(14)13(17)15-8-5-11-10(15)6-9-16(11)20(2,18)19/h3-4,7,10-11H,5-6,8-9H2,1-2H3/t10-,11-/m0/s1. The van der Waals surface area contributed by atoms with Gasteiger partial charge in [-0.25, -0.2) is 8.42 Å². The molecule has 0 spiro atoms. The van der Waals surface area contributed by atoms with E-state index in [1.165, 1.54) is 6.26 Å². The Morgan fingerprint density at radius 2 is 1.95 bits per heavy atom. The van der Waals surface area contributed by atoms with Crippen molar-refractivity contribution in [3.63, 3.8) is 0 Å². The molecule has 0 aliphatic carbocycles. The van der Waals surface area contributed by atoms with Crippen LogP contribution in [0.1, 0.15) is 23.3 Å². The maximum atomic E-state index is 12.6. The molecule has 2 aliphatic rings. The topological polar surface area (TPSA) is 62.6 Å². The van der Waals surface area contributed by atoms with Gasteiger partial charge in [-0.05, 0) is 25.0 Å². The fraction of sp³-hybridized carbons (Fsp3) is 0.615. The van der Waals surface area contributed by atoms with E-state index in [0.717, 1.165) is 12.8 Å². The fourth-order valence-corrected chi connectivity index (χ4v) is 4.62. The van der Waals surface area contributed by atoms with Crippen molar-refractivity contribution >= 4 is 15.9 Å². The summed E-state index contributed by atoms with van der Waals surface area (Å²) < 4.78 is 26.9. The van der Waals surface area contributed by atoms with Crippen molar-refractivity contribution < 1.29 is 13.2 Å². The van der Waals surface area contributed by atoms with Crippen LogP contribution in [0.3, 0.4) is 0 Å². The highest BCUT2D eigenvalue weighted by Gasteiger charge is 2.47. The first-order valence-electron chi connectivity index (χ1n) is 6.78. The summed E-state index contributed by atoms with van der Waals surface area (Å²) >= 11 is 0. The molecule has 2 saturated heterocycles. The minimum Gasteiger partial charge on any atom is -0.347 e. The van der Waals surface area contributed by atoms with Gasteiger partial charge in [0.15, 0.2) is 0 Å².